The van der Waals surface area contributed by atoms with Crippen LogP contribution < -0.4 is 4.74 Å². The summed E-state index contributed by atoms with van der Waals surface area (Å²) in [5.41, 5.74) is 0.277. The SMILES string of the molecule is Cc1cccc(C(=O)O)c1Oc1ncc([N+](=O)[O-])cn1. The molecule has 0 bridgehead atoms. The number of hydrogen-bond donors (Lipinski definition) is 1. The van der Waals surface area contributed by atoms with E-state index in [0.717, 1.165) is 12.4 Å². The lowest BCUT2D eigenvalue weighted by Gasteiger charge is -2.09. The van der Waals surface area contributed by atoms with E-state index >= 15 is 0 Å². The molecule has 102 valence electrons. The van der Waals surface area contributed by atoms with E-state index in [0.29, 0.717) is 5.56 Å². The summed E-state index contributed by atoms with van der Waals surface area (Å²) in [4.78, 5) is 28.3. The van der Waals surface area contributed by atoms with Gasteiger partial charge >= 0.3 is 17.7 Å². The van der Waals surface area contributed by atoms with Crippen LogP contribution in [0, 0.1) is 17.0 Å². The molecule has 2 rings (SSSR count). The van der Waals surface area contributed by atoms with E-state index in [-0.39, 0.29) is 23.0 Å². The third-order valence-electron chi connectivity index (χ3n) is 2.46. The van der Waals surface area contributed by atoms with Gasteiger partial charge in [-0.25, -0.2) is 4.79 Å². The molecule has 0 atom stereocenters. The Balaban J connectivity index is 2.34. The van der Waals surface area contributed by atoms with Crippen molar-refractivity contribution in [2.24, 2.45) is 0 Å². The molecule has 0 spiro atoms. The van der Waals surface area contributed by atoms with Gasteiger partial charge in [0.15, 0.2) is 0 Å². The van der Waals surface area contributed by atoms with E-state index in [1.54, 1.807) is 19.1 Å². The van der Waals surface area contributed by atoms with Gasteiger partial charge in [-0.15, -0.1) is 0 Å². The number of carbonyl (C=O) groups is 1. The fourth-order valence-corrected chi connectivity index (χ4v) is 1.50. The van der Waals surface area contributed by atoms with Crippen LogP contribution in [-0.2, 0) is 0 Å². The number of nitrogens with zero attached hydrogens (tertiary/aromatic N) is 3. The molecular formula is C12H9N3O5. The van der Waals surface area contributed by atoms with Crippen molar-refractivity contribution in [3.05, 3.63) is 51.8 Å². The maximum atomic E-state index is 11.1. The Bertz CT molecular complexity index is 669. The number of carboxylic acids is 1. The van der Waals surface area contributed by atoms with E-state index in [1.165, 1.54) is 6.07 Å². The number of nitro groups is 1. The van der Waals surface area contributed by atoms with Crippen molar-refractivity contribution < 1.29 is 19.6 Å². The lowest BCUT2D eigenvalue weighted by Crippen LogP contribution is -2.03. The summed E-state index contributed by atoms with van der Waals surface area (Å²) < 4.78 is 5.31. The van der Waals surface area contributed by atoms with Crippen LogP contribution in [0.4, 0.5) is 5.69 Å². The third kappa shape index (κ3) is 2.69. The molecule has 20 heavy (non-hydrogen) atoms. The number of rotatable bonds is 4. The zero-order valence-corrected chi connectivity index (χ0v) is 10.3. The topological polar surface area (TPSA) is 115 Å². The lowest BCUT2D eigenvalue weighted by molar-refractivity contribution is -0.385. The molecule has 0 fully saturated rings. The van der Waals surface area contributed by atoms with Crippen molar-refractivity contribution in [2.75, 3.05) is 0 Å². The van der Waals surface area contributed by atoms with Gasteiger partial charge in [0, 0.05) is 0 Å². The monoisotopic (exact) mass is 275 g/mol. The summed E-state index contributed by atoms with van der Waals surface area (Å²) in [6.45, 7) is 1.67. The Labute approximate surface area is 112 Å². The van der Waals surface area contributed by atoms with Crippen molar-refractivity contribution in [1.29, 1.82) is 0 Å². The first kappa shape index (κ1) is 13.4. The molecule has 0 radical (unpaired) electrons. The van der Waals surface area contributed by atoms with Crippen molar-refractivity contribution >= 4 is 11.7 Å². The number of aromatic carboxylic acids is 1. The molecule has 0 aliphatic rings. The molecule has 8 heteroatoms. The minimum atomic E-state index is -1.15. The minimum absolute atomic E-state index is 0.0352. The number of hydrogen-bond acceptors (Lipinski definition) is 6. The fourth-order valence-electron chi connectivity index (χ4n) is 1.50. The molecule has 1 heterocycles. The zero-order chi connectivity index (χ0) is 14.7. The molecule has 0 amide bonds. The lowest BCUT2D eigenvalue weighted by atomic mass is 10.1. The van der Waals surface area contributed by atoms with Gasteiger partial charge in [0.25, 0.3) is 0 Å². The summed E-state index contributed by atoms with van der Waals surface area (Å²) in [6.07, 6.45) is 1.97. The van der Waals surface area contributed by atoms with Crippen LogP contribution in [0.1, 0.15) is 15.9 Å². The molecule has 0 aliphatic heterocycles. The van der Waals surface area contributed by atoms with Gasteiger partial charge in [-0.1, -0.05) is 12.1 Å². The Kier molecular flexibility index (Phi) is 3.56. The van der Waals surface area contributed by atoms with Gasteiger partial charge in [0.05, 0.1) is 4.92 Å². The molecule has 8 nitrogen and oxygen atoms in total. The highest BCUT2D eigenvalue weighted by Gasteiger charge is 2.16. The fraction of sp³-hybridized carbons (Fsp3) is 0.0833. The van der Waals surface area contributed by atoms with Crippen LogP contribution >= 0.6 is 0 Å². The molecule has 1 N–H and O–H groups in total. The van der Waals surface area contributed by atoms with E-state index in [9.17, 15) is 14.9 Å². The molecule has 1 aromatic heterocycles. The Morgan fingerprint density at radius 2 is 2.00 bits per heavy atom. The van der Waals surface area contributed by atoms with Crippen LogP contribution in [0.25, 0.3) is 0 Å². The van der Waals surface area contributed by atoms with Gasteiger partial charge in [-0.05, 0) is 18.6 Å². The average Bonchev–Trinajstić information content (AvgIpc) is 2.41. The van der Waals surface area contributed by atoms with Crippen LogP contribution in [0.15, 0.2) is 30.6 Å². The first-order valence-corrected chi connectivity index (χ1v) is 5.46. The average molecular weight is 275 g/mol. The first-order valence-electron chi connectivity index (χ1n) is 5.46. The Hall–Kier alpha value is -3.03. The molecule has 0 saturated carbocycles. The molecule has 0 unspecified atom stereocenters. The zero-order valence-electron chi connectivity index (χ0n) is 10.3. The molecule has 1 aromatic carbocycles. The predicted octanol–water partition coefficient (Wildman–Crippen LogP) is 2.18. The number of carboxylic acid groups (broad SMARTS) is 1. The van der Waals surface area contributed by atoms with Crippen LogP contribution in [0.5, 0.6) is 11.8 Å². The molecule has 2 aromatic rings. The third-order valence-corrected chi connectivity index (χ3v) is 2.46. The smallest absolute Gasteiger partial charge is 0.339 e. The van der Waals surface area contributed by atoms with Crippen molar-refractivity contribution in [1.82, 2.24) is 9.97 Å². The van der Waals surface area contributed by atoms with Crippen molar-refractivity contribution in [3.8, 4) is 11.8 Å². The van der Waals surface area contributed by atoms with E-state index in [2.05, 4.69) is 9.97 Å². The first-order chi connectivity index (χ1) is 9.49. The van der Waals surface area contributed by atoms with Gasteiger partial charge in [-0.3, -0.25) is 10.1 Å². The Morgan fingerprint density at radius 1 is 1.35 bits per heavy atom. The molecular weight excluding hydrogens is 266 g/mol. The second kappa shape index (κ2) is 5.31. The second-order valence-electron chi connectivity index (χ2n) is 3.84. The second-order valence-corrected chi connectivity index (χ2v) is 3.84. The number of para-hydroxylation sites is 1. The number of aromatic nitrogens is 2. The van der Waals surface area contributed by atoms with Crippen LogP contribution in [-0.4, -0.2) is 26.0 Å². The number of ether oxygens (including phenoxy) is 1. The summed E-state index contributed by atoms with van der Waals surface area (Å²) in [6, 6.07) is 4.48. The molecule has 0 aliphatic carbocycles. The standard InChI is InChI=1S/C12H9N3O5/c1-7-3-2-4-9(11(16)17)10(7)20-12-13-5-8(6-14-12)15(18)19/h2-6H,1H3,(H,16,17). The van der Waals surface area contributed by atoms with Crippen molar-refractivity contribution in [2.45, 2.75) is 6.92 Å². The van der Waals surface area contributed by atoms with Gasteiger partial charge in [0.1, 0.15) is 23.7 Å². The maximum absolute atomic E-state index is 11.1. The summed E-state index contributed by atoms with van der Waals surface area (Å²) in [5, 5.41) is 19.5. The maximum Gasteiger partial charge on any atom is 0.339 e. The van der Waals surface area contributed by atoms with E-state index < -0.39 is 10.9 Å². The normalized spacial score (nSPS) is 10.1. The number of aryl methyl sites for hydroxylation is 1. The van der Waals surface area contributed by atoms with Gasteiger partial charge in [-0.2, -0.15) is 9.97 Å². The summed E-state index contributed by atoms with van der Waals surface area (Å²) >= 11 is 0. The predicted molar refractivity (Wildman–Crippen MR) is 66.9 cm³/mol. The van der Waals surface area contributed by atoms with Crippen LogP contribution in [0.2, 0.25) is 0 Å². The van der Waals surface area contributed by atoms with E-state index in [1.807, 2.05) is 0 Å². The highest BCUT2D eigenvalue weighted by atomic mass is 16.6. The van der Waals surface area contributed by atoms with Crippen LogP contribution in [0.3, 0.4) is 0 Å². The summed E-state index contributed by atoms with van der Waals surface area (Å²) in [7, 11) is 0. The van der Waals surface area contributed by atoms with Gasteiger partial charge in [0.2, 0.25) is 0 Å². The highest BCUT2D eigenvalue weighted by Crippen LogP contribution is 2.27. The summed E-state index contributed by atoms with van der Waals surface area (Å²) in [5.74, 6) is -1.04. The molecule has 0 saturated heterocycles. The largest absolute Gasteiger partial charge is 0.478 e. The highest BCUT2D eigenvalue weighted by molar-refractivity contribution is 5.91. The number of benzene rings is 1. The van der Waals surface area contributed by atoms with Crippen molar-refractivity contribution in [3.63, 3.8) is 0 Å². The Morgan fingerprint density at radius 3 is 2.55 bits per heavy atom. The van der Waals surface area contributed by atoms with Gasteiger partial charge < -0.3 is 9.84 Å². The van der Waals surface area contributed by atoms with E-state index in [4.69, 9.17) is 9.84 Å². The minimum Gasteiger partial charge on any atom is -0.478 e. The quantitative estimate of drug-likeness (QED) is 0.671.